The SMILES string of the molecule is CCC1CCN(CCc2ccccn2)CC(C)CN1. The van der Waals surface area contributed by atoms with Crippen LogP contribution in [-0.2, 0) is 6.42 Å². The van der Waals surface area contributed by atoms with Gasteiger partial charge >= 0.3 is 0 Å². The minimum Gasteiger partial charge on any atom is -0.314 e. The summed E-state index contributed by atoms with van der Waals surface area (Å²) >= 11 is 0. The monoisotopic (exact) mass is 261 g/mol. The van der Waals surface area contributed by atoms with E-state index in [1.54, 1.807) is 0 Å². The lowest BCUT2D eigenvalue weighted by Gasteiger charge is -2.32. The molecule has 0 spiro atoms. The predicted molar refractivity (Wildman–Crippen MR) is 80.2 cm³/mol. The summed E-state index contributed by atoms with van der Waals surface area (Å²) in [7, 11) is 0. The van der Waals surface area contributed by atoms with Gasteiger partial charge in [0, 0.05) is 37.4 Å². The summed E-state index contributed by atoms with van der Waals surface area (Å²) in [4.78, 5) is 7.03. The molecule has 1 aromatic rings. The van der Waals surface area contributed by atoms with Gasteiger partial charge in [0.2, 0.25) is 0 Å². The van der Waals surface area contributed by atoms with Gasteiger partial charge in [-0.2, -0.15) is 0 Å². The Bertz CT molecular complexity index is 352. The lowest BCUT2D eigenvalue weighted by atomic mass is 10.0. The number of hydrogen-bond donors (Lipinski definition) is 1. The van der Waals surface area contributed by atoms with Gasteiger partial charge in [0.1, 0.15) is 0 Å². The molecule has 2 heterocycles. The van der Waals surface area contributed by atoms with Crippen molar-refractivity contribution in [3.63, 3.8) is 0 Å². The summed E-state index contributed by atoms with van der Waals surface area (Å²) in [6, 6.07) is 6.89. The predicted octanol–water partition coefficient (Wildman–Crippen LogP) is 2.33. The Morgan fingerprint density at radius 1 is 1.42 bits per heavy atom. The van der Waals surface area contributed by atoms with Gasteiger partial charge in [0.05, 0.1) is 0 Å². The lowest BCUT2D eigenvalue weighted by Crippen LogP contribution is -2.44. The summed E-state index contributed by atoms with van der Waals surface area (Å²) in [5.41, 5.74) is 1.21. The van der Waals surface area contributed by atoms with E-state index < -0.39 is 0 Å². The molecule has 2 rings (SSSR count). The van der Waals surface area contributed by atoms with Crippen molar-refractivity contribution >= 4 is 0 Å². The summed E-state index contributed by atoms with van der Waals surface area (Å²) in [5, 5.41) is 3.68. The van der Waals surface area contributed by atoms with Crippen molar-refractivity contribution in [3.8, 4) is 0 Å². The van der Waals surface area contributed by atoms with Gasteiger partial charge in [-0.05, 0) is 44.0 Å². The summed E-state index contributed by atoms with van der Waals surface area (Å²) in [6.45, 7) is 9.33. The fourth-order valence-electron chi connectivity index (χ4n) is 2.78. The number of rotatable bonds is 4. The van der Waals surface area contributed by atoms with Gasteiger partial charge < -0.3 is 10.2 Å². The molecule has 0 aliphatic carbocycles. The highest BCUT2D eigenvalue weighted by molar-refractivity contribution is 5.03. The number of aromatic nitrogens is 1. The van der Waals surface area contributed by atoms with Crippen molar-refractivity contribution in [2.45, 2.75) is 39.2 Å². The Morgan fingerprint density at radius 2 is 2.32 bits per heavy atom. The van der Waals surface area contributed by atoms with Crippen molar-refractivity contribution < 1.29 is 0 Å². The molecule has 0 bridgehead atoms. The third-order valence-electron chi connectivity index (χ3n) is 4.02. The van der Waals surface area contributed by atoms with Gasteiger partial charge in [-0.1, -0.05) is 19.9 Å². The van der Waals surface area contributed by atoms with Crippen LogP contribution in [0.5, 0.6) is 0 Å². The van der Waals surface area contributed by atoms with Gasteiger partial charge in [0.15, 0.2) is 0 Å². The number of hydrogen-bond acceptors (Lipinski definition) is 3. The Hall–Kier alpha value is -0.930. The van der Waals surface area contributed by atoms with Crippen molar-refractivity contribution in [1.29, 1.82) is 0 Å². The van der Waals surface area contributed by atoms with E-state index in [-0.39, 0.29) is 0 Å². The zero-order valence-corrected chi connectivity index (χ0v) is 12.3. The molecule has 0 radical (unpaired) electrons. The maximum Gasteiger partial charge on any atom is 0.0416 e. The summed E-state index contributed by atoms with van der Waals surface area (Å²) in [6.07, 6.45) is 5.46. The Morgan fingerprint density at radius 3 is 3.05 bits per heavy atom. The van der Waals surface area contributed by atoms with E-state index in [1.165, 1.54) is 31.6 Å². The molecule has 3 heteroatoms. The molecule has 19 heavy (non-hydrogen) atoms. The first-order valence-electron chi connectivity index (χ1n) is 7.63. The van der Waals surface area contributed by atoms with Gasteiger partial charge in [-0.15, -0.1) is 0 Å². The molecule has 0 saturated carbocycles. The zero-order chi connectivity index (χ0) is 13.5. The second-order valence-electron chi connectivity index (χ2n) is 5.78. The molecule has 0 aromatic carbocycles. The van der Waals surface area contributed by atoms with Crippen molar-refractivity contribution in [3.05, 3.63) is 30.1 Å². The Kier molecular flexibility index (Phi) is 5.80. The zero-order valence-electron chi connectivity index (χ0n) is 12.3. The van der Waals surface area contributed by atoms with E-state index in [0.29, 0.717) is 6.04 Å². The van der Waals surface area contributed by atoms with Crippen LogP contribution in [0.15, 0.2) is 24.4 Å². The van der Waals surface area contributed by atoms with Crippen molar-refractivity contribution in [2.24, 2.45) is 5.92 Å². The fraction of sp³-hybridized carbons (Fsp3) is 0.688. The second-order valence-corrected chi connectivity index (χ2v) is 5.78. The highest BCUT2D eigenvalue weighted by Crippen LogP contribution is 2.10. The first-order chi connectivity index (χ1) is 9.28. The highest BCUT2D eigenvalue weighted by Gasteiger charge is 2.17. The van der Waals surface area contributed by atoms with Gasteiger partial charge in [-0.3, -0.25) is 4.98 Å². The Labute approximate surface area is 117 Å². The minimum absolute atomic E-state index is 0.695. The molecular formula is C16H27N3. The molecule has 1 aromatic heterocycles. The van der Waals surface area contributed by atoms with E-state index in [2.05, 4.69) is 41.2 Å². The topological polar surface area (TPSA) is 28.2 Å². The first-order valence-corrected chi connectivity index (χ1v) is 7.63. The van der Waals surface area contributed by atoms with E-state index in [9.17, 15) is 0 Å². The van der Waals surface area contributed by atoms with Gasteiger partial charge in [0.25, 0.3) is 0 Å². The van der Waals surface area contributed by atoms with E-state index in [1.807, 2.05) is 12.3 Å². The molecule has 0 amide bonds. The van der Waals surface area contributed by atoms with Crippen LogP contribution in [0, 0.1) is 5.92 Å². The van der Waals surface area contributed by atoms with Crippen LogP contribution < -0.4 is 5.32 Å². The molecule has 1 aliphatic heterocycles. The van der Waals surface area contributed by atoms with Crippen LogP contribution in [0.1, 0.15) is 32.4 Å². The number of nitrogens with zero attached hydrogens (tertiary/aromatic N) is 2. The maximum absolute atomic E-state index is 4.42. The quantitative estimate of drug-likeness (QED) is 0.901. The molecule has 106 valence electrons. The number of pyridine rings is 1. The average molecular weight is 261 g/mol. The molecule has 2 unspecified atom stereocenters. The third-order valence-corrected chi connectivity index (χ3v) is 4.02. The van der Waals surface area contributed by atoms with Crippen LogP contribution in [0.25, 0.3) is 0 Å². The number of nitrogens with one attached hydrogen (secondary N) is 1. The smallest absolute Gasteiger partial charge is 0.0416 e. The van der Waals surface area contributed by atoms with E-state index in [0.717, 1.165) is 25.4 Å². The van der Waals surface area contributed by atoms with Crippen molar-refractivity contribution in [1.82, 2.24) is 15.2 Å². The fourth-order valence-corrected chi connectivity index (χ4v) is 2.78. The molecule has 3 nitrogen and oxygen atoms in total. The molecule has 1 saturated heterocycles. The third kappa shape index (κ3) is 4.92. The Balaban J connectivity index is 1.84. The van der Waals surface area contributed by atoms with Crippen LogP contribution in [0.4, 0.5) is 0 Å². The van der Waals surface area contributed by atoms with E-state index >= 15 is 0 Å². The molecular weight excluding hydrogens is 234 g/mol. The van der Waals surface area contributed by atoms with Crippen LogP contribution >= 0.6 is 0 Å². The summed E-state index contributed by atoms with van der Waals surface area (Å²) in [5.74, 6) is 0.734. The lowest BCUT2D eigenvalue weighted by molar-refractivity contribution is 0.198. The van der Waals surface area contributed by atoms with Gasteiger partial charge in [-0.25, -0.2) is 0 Å². The minimum atomic E-state index is 0.695. The maximum atomic E-state index is 4.42. The van der Waals surface area contributed by atoms with Crippen LogP contribution in [0.2, 0.25) is 0 Å². The normalized spacial score (nSPS) is 25.8. The second kappa shape index (κ2) is 7.61. The highest BCUT2D eigenvalue weighted by atomic mass is 15.1. The van der Waals surface area contributed by atoms with Crippen molar-refractivity contribution in [2.75, 3.05) is 26.2 Å². The average Bonchev–Trinajstić information content (AvgIpc) is 2.43. The van der Waals surface area contributed by atoms with Crippen LogP contribution in [0.3, 0.4) is 0 Å². The molecule has 1 N–H and O–H groups in total. The molecule has 1 aliphatic rings. The van der Waals surface area contributed by atoms with Crippen LogP contribution in [-0.4, -0.2) is 42.1 Å². The standard InChI is InChI=1S/C16H27N3/c1-3-15-7-10-19(13-14(2)12-18-15)11-8-16-6-4-5-9-17-16/h4-6,9,14-15,18H,3,7-8,10-13H2,1-2H3. The summed E-state index contributed by atoms with van der Waals surface area (Å²) < 4.78 is 0. The molecule has 2 atom stereocenters. The molecule has 1 fully saturated rings. The van der Waals surface area contributed by atoms with E-state index in [4.69, 9.17) is 0 Å². The first kappa shape index (κ1) is 14.5. The largest absolute Gasteiger partial charge is 0.314 e.